The van der Waals surface area contributed by atoms with Gasteiger partial charge in [0.2, 0.25) is 0 Å². The van der Waals surface area contributed by atoms with Crippen molar-refractivity contribution in [3.8, 4) is 0 Å². The van der Waals surface area contributed by atoms with E-state index in [2.05, 4.69) is 4.90 Å². The first-order valence-electron chi connectivity index (χ1n) is 6.54. The first-order valence-corrected chi connectivity index (χ1v) is 6.54. The molecule has 0 unspecified atom stereocenters. The summed E-state index contributed by atoms with van der Waals surface area (Å²) in [4.78, 5) is 2.07. The summed E-state index contributed by atoms with van der Waals surface area (Å²) in [7, 11) is 0. The van der Waals surface area contributed by atoms with Gasteiger partial charge in [0.05, 0.1) is 0 Å². The first-order chi connectivity index (χ1) is 9.61. The second-order valence-electron chi connectivity index (χ2n) is 4.57. The fourth-order valence-corrected chi connectivity index (χ4v) is 2.17. The number of nitrogens with two attached hydrogens (primary N) is 1. The molecular weight excluding hydrogens is 253 g/mol. The molecule has 0 amide bonds. The summed E-state index contributed by atoms with van der Waals surface area (Å²) in [5.41, 5.74) is 7.94. The van der Waals surface area contributed by atoms with Crippen LogP contribution in [0.3, 0.4) is 0 Å². The van der Waals surface area contributed by atoms with Crippen LogP contribution in [0.2, 0.25) is 0 Å². The van der Waals surface area contributed by atoms with E-state index in [0.29, 0.717) is 12.1 Å². The van der Waals surface area contributed by atoms with Gasteiger partial charge < -0.3 is 10.6 Å². The summed E-state index contributed by atoms with van der Waals surface area (Å²) in [6.07, 6.45) is 0. The fraction of sp³-hybridized carbons (Fsp3) is 0.188. The zero-order chi connectivity index (χ0) is 14.5. The lowest BCUT2D eigenvalue weighted by Gasteiger charge is -2.25. The van der Waals surface area contributed by atoms with Gasteiger partial charge in [-0.05, 0) is 30.7 Å². The SMILES string of the molecule is CCN(Cc1ccccc1)c1ccc(F)cc1C(=N)N. The van der Waals surface area contributed by atoms with Crippen molar-refractivity contribution in [2.75, 3.05) is 11.4 Å². The molecule has 0 fully saturated rings. The quantitative estimate of drug-likeness (QED) is 0.648. The molecule has 0 atom stereocenters. The molecule has 0 saturated heterocycles. The Morgan fingerprint density at radius 2 is 1.90 bits per heavy atom. The van der Waals surface area contributed by atoms with E-state index in [4.69, 9.17) is 11.1 Å². The van der Waals surface area contributed by atoms with Gasteiger partial charge in [0, 0.05) is 24.3 Å². The Kier molecular flexibility index (Phi) is 4.35. The average Bonchev–Trinajstić information content (AvgIpc) is 2.46. The minimum Gasteiger partial charge on any atom is -0.384 e. The highest BCUT2D eigenvalue weighted by molar-refractivity contribution is 6.00. The van der Waals surface area contributed by atoms with Gasteiger partial charge in [0.1, 0.15) is 11.7 Å². The van der Waals surface area contributed by atoms with E-state index >= 15 is 0 Å². The van der Waals surface area contributed by atoms with E-state index in [1.807, 2.05) is 37.3 Å². The van der Waals surface area contributed by atoms with Crippen LogP contribution in [0.15, 0.2) is 48.5 Å². The number of anilines is 1. The number of rotatable bonds is 5. The normalized spacial score (nSPS) is 10.3. The number of hydrogen-bond acceptors (Lipinski definition) is 2. The van der Waals surface area contributed by atoms with E-state index in [1.165, 1.54) is 12.1 Å². The summed E-state index contributed by atoms with van der Waals surface area (Å²) in [6.45, 7) is 3.47. The van der Waals surface area contributed by atoms with Gasteiger partial charge in [-0.15, -0.1) is 0 Å². The smallest absolute Gasteiger partial charge is 0.125 e. The van der Waals surface area contributed by atoms with Crippen LogP contribution in [0.4, 0.5) is 10.1 Å². The third kappa shape index (κ3) is 3.15. The van der Waals surface area contributed by atoms with Crippen LogP contribution in [0, 0.1) is 11.2 Å². The zero-order valence-corrected chi connectivity index (χ0v) is 11.4. The molecule has 3 nitrogen and oxygen atoms in total. The molecule has 0 aliphatic carbocycles. The molecule has 2 aromatic rings. The van der Waals surface area contributed by atoms with Crippen molar-refractivity contribution in [3.05, 3.63) is 65.5 Å². The topological polar surface area (TPSA) is 53.1 Å². The summed E-state index contributed by atoms with van der Waals surface area (Å²) < 4.78 is 13.3. The van der Waals surface area contributed by atoms with Crippen LogP contribution < -0.4 is 10.6 Å². The Morgan fingerprint density at radius 3 is 2.50 bits per heavy atom. The third-order valence-electron chi connectivity index (χ3n) is 3.19. The highest BCUT2D eigenvalue weighted by Gasteiger charge is 2.13. The minimum atomic E-state index is -0.380. The van der Waals surface area contributed by atoms with Gasteiger partial charge in [-0.1, -0.05) is 30.3 Å². The van der Waals surface area contributed by atoms with Crippen molar-refractivity contribution < 1.29 is 4.39 Å². The van der Waals surface area contributed by atoms with Gasteiger partial charge >= 0.3 is 0 Å². The standard InChI is InChI=1S/C16H18FN3/c1-2-20(11-12-6-4-3-5-7-12)15-9-8-13(17)10-14(15)16(18)19/h3-10H,2,11H2,1H3,(H3,18,19). The molecule has 0 spiro atoms. The van der Waals surface area contributed by atoms with Crippen LogP contribution in [0.25, 0.3) is 0 Å². The average molecular weight is 271 g/mol. The first kappa shape index (κ1) is 14.1. The molecule has 0 heterocycles. The Morgan fingerprint density at radius 1 is 1.20 bits per heavy atom. The van der Waals surface area contributed by atoms with E-state index in [1.54, 1.807) is 6.07 Å². The molecule has 2 aromatic carbocycles. The largest absolute Gasteiger partial charge is 0.384 e. The van der Waals surface area contributed by atoms with Gasteiger partial charge in [-0.2, -0.15) is 0 Å². The third-order valence-corrected chi connectivity index (χ3v) is 3.19. The Hall–Kier alpha value is -2.36. The zero-order valence-electron chi connectivity index (χ0n) is 11.4. The van der Waals surface area contributed by atoms with Crippen LogP contribution >= 0.6 is 0 Å². The molecule has 0 aliphatic rings. The molecule has 4 heteroatoms. The van der Waals surface area contributed by atoms with Gasteiger partial charge in [0.25, 0.3) is 0 Å². The number of amidine groups is 1. The molecule has 20 heavy (non-hydrogen) atoms. The Labute approximate surface area is 118 Å². The second-order valence-corrected chi connectivity index (χ2v) is 4.57. The predicted octanol–water partition coefficient (Wildman–Crippen LogP) is 3.14. The molecule has 0 saturated carbocycles. The van der Waals surface area contributed by atoms with E-state index in [9.17, 15) is 4.39 Å². The summed E-state index contributed by atoms with van der Waals surface area (Å²) in [6, 6.07) is 14.4. The molecule has 0 radical (unpaired) electrons. The molecule has 104 valence electrons. The Balaban J connectivity index is 2.34. The maximum absolute atomic E-state index is 13.3. The maximum atomic E-state index is 13.3. The lowest BCUT2D eigenvalue weighted by Crippen LogP contribution is -2.26. The van der Waals surface area contributed by atoms with Crippen molar-refractivity contribution in [2.45, 2.75) is 13.5 Å². The van der Waals surface area contributed by atoms with Crippen molar-refractivity contribution in [3.63, 3.8) is 0 Å². The van der Waals surface area contributed by atoms with Crippen LogP contribution in [0.5, 0.6) is 0 Å². The number of nitrogens with one attached hydrogen (secondary N) is 1. The van der Waals surface area contributed by atoms with Crippen LogP contribution in [0.1, 0.15) is 18.1 Å². The molecule has 3 N–H and O–H groups in total. The number of hydrogen-bond donors (Lipinski definition) is 2. The van der Waals surface area contributed by atoms with E-state index in [0.717, 1.165) is 17.8 Å². The predicted molar refractivity (Wildman–Crippen MR) is 80.6 cm³/mol. The molecule has 2 rings (SSSR count). The molecule has 0 aliphatic heterocycles. The molecular formula is C16H18FN3. The molecule has 0 bridgehead atoms. The van der Waals surface area contributed by atoms with Crippen LogP contribution in [-0.4, -0.2) is 12.4 Å². The summed E-state index contributed by atoms with van der Waals surface area (Å²) in [5, 5.41) is 7.61. The second kappa shape index (κ2) is 6.19. The number of nitrogens with zero attached hydrogens (tertiary/aromatic N) is 1. The van der Waals surface area contributed by atoms with E-state index < -0.39 is 0 Å². The number of halogens is 1. The van der Waals surface area contributed by atoms with Crippen molar-refractivity contribution in [1.82, 2.24) is 0 Å². The summed E-state index contributed by atoms with van der Waals surface area (Å²) >= 11 is 0. The molecule has 0 aromatic heterocycles. The van der Waals surface area contributed by atoms with Gasteiger partial charge in [0.15, 0.2) is 0 Å². The fourth-order valence-electron chi connectivity index (χ4n) is 2.17. The van der Waals surface area contributed by atoms with Crippen LogP contribution in [-0.2, 0) is 6.54 Å². The van der Waals surface area contributed by atoms with Crippen molar-refractivity contribution in [1.29, 1.82) is 5.41 Å². The highest BCUT2D eigenvalue weighted by atomic mass is 19.1. The van der Waals surface area contributed by atoms with Crippen molar-refractivity contribution in [2.24, 2.45) is 5.73 Å². The van der Waals surface area contributed by atoms with Crippen molar-refractivity contribution >= 4 is 11.5 Å². The summed E-state index contributed by atoms with van der Waals surface area (Å²) in [5.74, 6) is -0.499. The van der Waals surface area contributed by atoms with Gasteiger partial charge in [-0.3, -0.25) is 5.41 Å². The van der Waals surface area contributed by atoms with E-state index in [-0.39, 0.29) is 11.7 Å². The number of nitrogen functional groups attached to an aromatic ring is 1. The highest BCUT2D eigenvalue weighted by Crippen LogP contribution is 2.23. The monoisotopic (exact) mass is 271 g/mol. The van der Waals surface area contributed by atoms with Gasteiger partial charge in [-0.25, -0.2) is 4.39 Å². The maximum Gasteiger partial charge on any atom is 0.125 e. The Bertz CT molecular complexity index is 596. The number of benzene rings is 2. The lowest BCUT2D eigenvalue weighted by atomic mass is 10.1. The minimum absolute atomic E-state index is 0.119. The lowest BCUT2D eigenvalue weighted by molar-refractivity contribution is 0.627.